The van der Waals surface area contributed by atoms with Gasteiger partial charge in [-0.1, -0.05) is 6.07 Å². The molecule has 0 N–H and O–H groups in total. The van der Waals surface area contributed by atoms with Crippen molar-refractivity contribution in [2.75, 3.05) is 0 Å². The number of ether oxygens (including phenoxy) is 1. The van der Waals surface area contributed by atoms with Crippen LogP contribution in [0.5, 0.6) is 0 Å². The van der Waals surface area contributed by atoms with E-state index in [0.29, 0.717) is 16.9 Å². The maximum absolute atomic E-state index is 13.0. The third kappa shape index (κ3) is 2.92. The van der Waals surface area contributed by atoms with E-state index in [1.54, 1.807) is 23.7 Å². The van der Waals surface area contributed by atoms with Gasteiger partial charge in [-0.25, -0.2) is 13.9 Å². The maximum Gasteiger partial charge on any atom is 0.341 e. The van der Waals surface area contributed by atoms with Crippen LogP contribution in [0.4, 0.5) is 4.39 Å². The van der Waals surface area contributed by atoms with Crippen molar-refractivity contribution < 1.29 is 13.9 Å². The SMILES string of the molecule is Cc1c(C(=O)OCc2cccs2)cnn1-c1ccc(F)cc1. The number of hydrogen-bond acceptors (Lipinski definition) is 4. The fourth-order valence-electron chi connectivity index (χ4n) is 2.06. The van der Waals surface area contributed by atoms with Gasteiger partial charge in [0.05, 0.1) is 17.6 Å². The molecule has 112 valence electrons. The molecule has 6 heteroatoms. The molecule has 0 unspecified atom stereocenters. The molecule has 0 bridgehead atoms. The number of nitrogens with zero attached hydrogens (tertiary/aromatic N) is 2. The summed E-state index contributed by atoms with van der Waals surface area (Å²) in [4.78, 5) is 13.1. The van der Waals surface area contributed by atoms with E-state index in [1.807, 2.05) is 17.5 Å². The normalized spacial score (nSPS) is 10.6. The average molecular weight is 316 g/mol. The van der Waals surface area contributed by atoms with Crippen LogP contribution in [0, 0.1) is 12.7 Å². The lowest BCUT2D eigenvalue weighted by Gasteiger charge is -2.06. The lowest BCUT2D eigenvalue weighted by atomic mass is 10.2. The molecule has 1 aromatic carbocycles. The monoisotopic (exact) mass is 316 g/mol. The first-order valence-corrected chi connectivity index (χ1v) is 7.53. The minimum atomic E-state index is -0.417. The van der Waals surface area contributed by atoms with Gasteiger partial charge in [0.1, 0.15) is 18.0 Å². The minimum Gasteiger partial charge on any atom is -0.456 e. The number of rotatable bonds is 4. The molecule has 0 saturated heterocycles. The summed E-state index contributed by atoms with van der Waals surface area (Å²) in [5.41, 5.74) is 1.75. The van der Waals surface area contributed by atoms with Crippen LogP contribution < -0.4 is 0 Å². The zero-order valence-electron chi connectivity index (χ0n) is 11.8. The smallest absolute Gasteiger partial charge is 0.341 e. The number of benzene rings is 1. The highest BCUT2D eigenvalue weighted by molar-refractivity contribution is 7.09. The molecule has 2 aromatic heterocycles. The molecular weight excluding hydrogens is 303 g/mol. The van der Waals surface area contributed by atoms with Gasteiger partial charge in [-0.2, -0.15) is 5.10 Å². The van der Waals surface area contributed by atoms with Crippen molar-refractivity contribution in [2.24, 2.45) is 0 Å². The van der Waals surface area contributed by atoms with Crippen molar-refractivity contribution in [1.29, 1.82) is 0 Å². The van der Waals surface area contributed by atoms with Crippen molar-refractivity contribution >= 4 is 17.3 Å². The molecule has 22 heavy (non-hydrogen) atoms. The average Bonchev–Trinajstić information content (AvgIpc) is 3.15. The Kier molecular flexibility index (Phi) is 4.02. The number of hydrogen-bond donors (Lipinski definition) is 0. The van der Waals surface area contributed by atoms with Gasteiger partial charge in [0.15, 0.2) is 0 Å². The Balaban J connectivity index is 1.77. The summed E-state index contributed by atoms with van der Waals surface area (Å²) in [6.07, 6.45) is 1.47. The van der Waals surface area contributed by atoms with E-state index in [4.69, 9.17) is 4.74 Å². The van der Waals surface area contributed by atoms with Crippen LogP contribution in [0.1, 0.15) is 20.9 Å². The van der Waals surface area contributed by atoms with Crippen LogP contribution >= 0.6 is 11.3 Å². The first-order valence-electron chi connectivity index (χ1n) is 6.65. The highest BCUT2D eigenvalue weighted by Crippen LogP contribution is 2.17. The molecule has 0 spiro atoms. The van der Waals surface area contributed by atoms with Gasteiger partial charge >= 0.3 is 5.97 Å². The van der Waals surface area contributed by atoms with Crippen molar-refractivity contribution in [3.8, 4) is 5.69 Å². The van der Waals surface area contributed by atoms with Crippen LogP contribution in [0.15, 0.2) is 48.0 Å². The Labute approximate surface area is 130 Å². The highest BCUT2D eigenvalue weighted by atomic mass is 32.1. The Morgan fingerprint density at radius 3 is 2.77 bits per heavy atom. The fourth-order valence-corrected chi connectivity index (χ4v) is 2.68. The third-order valence-corrected chi connectivity index (χ3v) is 4.08. The summed E-state index contributed by atoms with van der Waals surface area (Å²) in [5.74, 6) is -0.733. The number of halogens is 1. The topological polar surface area (TPSA) is 44.1 Å². The number of thiophene rings is 1. The number of carbonyl (C=O) groups is 1. The first kappa shape index (κ1) is 14.5. The van der Waals surface area contributed by atoms with Gasteiger partial charge in [-0.05, 0) is 42.6 Å². The van der Waals surface area contributed by atoms with Crippen molar-refractivity contribution in [2.45, 2.75) is 13.5 Å². The Bertz CT molecular complexity index is 779. The molecule has 4 nitrogen and oxygen atoms in total. The Morgan fingerprint density at radius 2 is 2.09 bits per heavy atom. The summed E-state index contributed by atoms with van der Waals surface area (Å²) in [6, 6.07) is 9.74. The molecule has 0 saturated carbocycles. The van der Waals surface area contributed by atoms with E-state index in [-0.39, 0.29) is 12.4 Å². The van der Waals surface area contributed by atoms with Gasteiger partial charge in [-0.3, -0.25) is 0 Å². The van der Waals surface area contributed by atoms with E-state index in [9.17, 15) is 9.18 Å². The Morgan fingerprint density at radius 1 is 1.32 bits per heavy atom. The van der Waals surface area contributed by atoms with Gasteiger partial charge in [0, 0.05) is 4.88 Å². The number of esters is 1. The van der Waals surface area contributed by atoms with Crippen molar-refractivity contribution in [3.63, 3.8) is 0 Å². The summed E-state index contributed by atoms with van der Waals surface area (Å²) >= 11 is 1.53. The standard InChI is InChI=1S/C16H13FN2O2S/c1-11-15(16(20)21-10-14-3-2-8-22-14)9-18-19(11)13-6-4-12(17)5-7-13/h2-9H,10H2,1H3. The third-order valence-electron chi connectivity index (χ3n) is 3.23. The van der Waals surface area contributed by atoms with Gasteiger partial charge in [0.25, 0.3) is 0 Å². The van der Waals surface area contributed by atoms with E-state index in [1.165, 1.54) is 29.7 Å². The molecule has 0 aliphatic heterocycles. The Hall–Kier alpha value is -2.47. The molecule has 0 fully saturated rings. The molecule has 3 rings (SSSR count). The quantitative estimate of drug-likeness (QED) is 0.689. The van der Waals surface area contributed by atoms with Crippen LogP contribution in [-0.2, 0) is 11.3 Å². The van der Waals surface area contributed by atoms with E-state index in [0.717, 1.165) is 4.88 Å². The fraction of sp³-hybridized carbons (Fsp3) is 0.125. The minimum absolute atomic E-state index is 0.248. The summed E-state index contributed by atoms with van der Waals surface area (Å²) < 4.78 is 19.8. The van der Waals surface area contributed by atoms with E-state index >= 15 is 0 Å². The lowest BCUT2D eigenvalue weighted by Crippen LogP contribution is -2.07. The maximum atomic E-state index is 13.0. The van der Waals surface area contributed by atoms with Crippen LogP contribution in [0.3, 0.4) is 0 Å². The molecule has 0 atom stereocenters. The lowest BCUT2D eigenvalue weighted by molar-refractivity contribution is 0.0476. The predicted octanol–water partition coefficient (Wildman–Crippen LogP) is 3.74. The second kappa shape index (κ2) is 6.11. The zero-order chi connectivity index (χ0) is 15.5. The summed E-state index contributed by atoms with van der Waals surface area (Å²) in [7, 11) is 0. The van der Waals surface area contributed by atoms with Gasteiger partial charge in [-0.15, -0.1) is 11.3 Å². The number of carbonyl (C=O) groups excluding carboxylic acids is 1. The molecule has 0 radical (unpaired) electrons. The van der Waals surface area contributed by atoms with E-state index < -0.39 is 5.97 Å². The summed E-state index contributed by atoms with van der Waals surface area (Å²) in [5, 5.41) is 6.11. The highest BCUT2D eigenvalue weighted by Gasteiger charge is 2.16. The van der Waals surface area contributed by atoms with Crippen LogP contribution in [0.2, 0.25) is 0 Å². The molecule has 2 heterocycles. The second-order valence-corrected chi connectivity index (χ2v) is 5.72. The van der Waals surface area contributed by atoms with Gasteiger partial charge < -0.3 is 4.74 Å². The molecular formula is C16H13FN2O2S. The molecule has 0 aliphatic rings. The van der Waals surface area contributed by atoms with Crippen molar-refractivity contribution in [3.05, 3.63) is 69.9 Å². The van der Waals surface area contributed by atoms with Crippen LogP contribution in [-0.4, -0.2) is 15.7 Å². The summed E-state index contributed by atoms with van der Waals surface area (Å²) in [6.45, 7) is 2.02. The first-order chi connectivity index (χ1) is 10.6. The largest absolute Gasteiger partial charge is 0.456 e. The number of aromatic nitrogens is 2. The van der Waals surface area contributed by atoms with Gasteiger partial charge in [0.2, 0.25) is 0 Å². The van der Waals surface area contributed by atoms with E-state index in [2.05, 4.69) is 5.10 Å². The molecule has 3 aromatic rings. The van der Waals surface area contributed by atoms with Crippen LogP contribution in [0.25, 0.3) is 5.69 Å². The predicted molar refractivity (Wildman–Crippen MR) is 81.7 cm³/mol. The molecule has 0 amide bonds. The molecule has 0 aliphatic carbocycles. The van der Waals surface area contributed by atoms with Crippen molar-refractivity contribution in [1.82, 2.24) is 9.78 Å². The second-order valence-electron chi connectivity index (χ2n) is 4.69. The zero-order valence-corrected chi connectivity index (χ0v) is 12.6.